The Kier molecular flexibility index (Phi) is 8.42. The van der Waals surface area contributed by atoms with Crippen molar-refractivity contribution < 1.29 is 4.42 Å². The summed E-state index contributed by atoms with van der Waals surface area (Å²) in [6.45, 7) is 8.78. The van der Waals surface area contributed by atoms with Gasteiger partial charge in [-0.15, -0.1) is 0 Å². The van der Waals surface area contributed by atoms with Crippen LogP contribution in [0.3, 0.4) is 0 Å². The second-order valence-corrected chi connectivity index (χ2v) is 8.78. The minimum Gasteiger partial charge on any atom is -0.468 e. The van der Waals surface area contributed by atoms with Crippen molar-refractivity contribution in [2.24, 2.45) is 4.99 Å². The molecule has 2 aromatic rings. The van der Waals surface area contributed by atoms with E-state index in [1.165, 1.54) is 38.5 Å². The van der Waals surface area contributed by atoms with Crippen LogP contribution in [0.2, 0.25) is 0 Å². The number of rotatable bonds is 8. The van der Waals surface area contributed by atoms with E-state index in [4.69, 9.17) is 14.4 Å². The van der Waals surface area contributed by atoms with E-state index < -0.39 is 0 Å². The molecule has 4 heterocycles. The number of likely N-dealkylation sites (tertiary alicyclic amines) is 1. The van der Waals surface area contributed by atoms with Crippen molar-refractivity contribution in [3.63, 3.8) is 0 Å². The summed E-state index contributed by atoms with van der Waals surface area (Å²) in [5, 5.41) is 6.91. The summed E-state index contributed by atoms with van der Waals surface area (Å²) in [5.74, 6) is 2.94. The summed E-state index contributed by atoms with van der Waals surface area (Å²) >= 11 is 0. The number of furan rings is 1. The molecule has 0 amide bonds. The van der Waals surface area contributed by atoms with E-state index in [2.05, 4.69) is 45.6 Å². The number of hydrogen-bond donors (Lipinski definition) is 2. The van der Waals surface area contributed by atoms with Crippen LogP contribution in [0.4, 0.5) is 5.82 Å². The zero-order chi connectivity index (χ0) is 22.0. The zero-order valence-corrected chi connectivity index (χ0v) is 19.4. The van der Waals surface area contributed by atoms with Crippen LogP contribution in [0.25, 0.3) is 0 Å². The monoisotopic (exact) mass is 438 g/mol. The molecule has 7 heteroatoms. The van der Waals surface area contributed by atoms with E-state index in [1.807, 2.05) is 12.3 Å². The van der Waals surface area contributed by atoms with E-state index in [0.717, 1.165) is 62.4 Å². The Balaban J connectivity index is 1.36. The highest BCUT2D eigenvalue weighted by atomic mass is 16.3. The van der Waals surface area contributed by atoms with Crippen molar-refractivity contribution in [2.45, 2.75) is 58.0 Å². The fourth-order valence-corrected chi connectivity index (χ4v) is 4.65. The number of guanidine groups is 1. The first kappa shape index (κ1) is 22.6. The number of hydrogen-bond acceptors (Lipinski definition) is 5. The lowest BCUT2D eigenvalue weighted by atomic mass is 10.2. The molecule has 0 bridgehead atoms. The first-order chi connectivity index (χ1) is 15.8. The second-order valence-electron chi connectivity index (χ2n) is 8.78. The molecule has 2 saturated heterocycles. The quantitative estimate of drug-likeness (QED) is 0.481. The van der Waals surface area contributed by atoms with Crippen LogP contribution in [0.5, 0.6) is 0 Å². The van der Waals surface area contributed by atoms with Gasteiger partial charge >= 0.3 is 0 Å². The molecule has 32 heavy (non-hydrogen) atoms. The fourth-order valence-electron chi connectivity index (χ4n) is 4.65. The zero-order valence-electron chi connectivity index (χ0n) is 19.4. The van der Waals surface area contributed by atoms with E-state index in [-0.39, 0.29) is 6.04 Å². The van der Waals surface area contributed by atoms with Crippen LogP contribution in [0, 0.1) is 0 Å². The third-order valence-corrected chi connectivity index (χ3v) is 6.42. The van der Waals surface area contributed by atoms with Crippen LogP contribution in [-0.4, -0.2) is 55.1 Å². The Hall–Kier alpha value is -2.54. The Bertz CT molecular complexity index is 805. The highest BCUT2D eigenvalue weighted by molar-refractivity contribution is 5.79. The maximum absolute atomic E-state index is 5.74. The van der Waals surface area contributed by atoms with Gasteiger partial charge in [-0.05, 0) is 69.5 Å². The molecule has 0 aliphatic carbocycles. The molecular weight excluding hydrogens is 400 g/mol. The van der Waals surface area contributed by atoms with E-state index in [9.17, 15) is 0 Å². The summed E-state index contributed by atoms with van der Waals surface area (Å²) in [5.41, 5.74) is 1.13. The average Bonchev–Trinajstić information content (AvgIpc) is 3.49. The Morgan fingerprint density at radius 3 is 2.47 bits per heavy atom. The van der Waals surface area contributed by atoms with E-state index in [1.54, 1.807) is 6.26 Å². The molecular formula is C25H38N6O. The average molecular weight is 439 g/mol. The van der Waals surface area contributed by atoms with Crippen LogP contribution in [0.15, 0.2) is 46.1 Å². The molecule has 1 unspecified atom stereocenters. The molecule has 2 aromatic heterocycles. The minimum atomic E-state index is 0.228. The molecule has 0 aromatic carbocycles. The third-order valence-electron chi connectivity index (χ3n) is 6.42. The maximum Gasteiger partial charge on any atom is 0.191 e. The first-order valence-corrected chi connectivity index (χ1v) is 12.3. The highest BCUT2D eigenvalue weighted by Crippen LogP contribution is 2.25. The number of nitrogens with zero attached hydrogens (tertiary/aromatic N) is 4. The van der Waals surface area contributed by atoms with Crippen molar-refractivity contribution >= 4 is 11.8 Å². The summed E-state index contributed by atoms with van der Waals surface area (Å²) in [6, 6.07) is 8.59. The summed E-state index contributed by atoms with van der Waals surface area (Å²) in [7, 11) is 0. The molecule has 174 valence electrons. The van der Waals surface area contributed by atoms with Crippen molar-refractivity contribution in [3.05, 3.63) is 48.0 Å². The van der Waals surface area contributed by atoms with Gasteiger partial charge in [-0.3, -0.25) is 4.90 Å². The molecule has 2 fully saturated rings. The summed E-state index contributed by atoms with van der Waals surface area (Å²) in [4.78, 5) is 14.5. The second kappa shape index (κ2) is 11.9. The van der Waals surface area contributed by atoms with Crippen molar-refractivity contribution in [1.82, 2.24) is 20.5 Å². The van der Waals surface area contributed by atoms with Gasteiger partial charge in [0.1, 0.15) is 11.6 Å². The molecule has 7 nitrogen and oxygen atoms in total. The predicted octanol–water partition coefficient (Wildman–Crippen LogP) is 3.95. The van der Waals surface area contributed by atoms with Gasteiger partial charge in [0.15, 0.2) is 5.96 Å². The molecule has 0 saturated carbocycles. The van der Waals surface area contributed by atoms with Crippen molar-refractivity contribution in [3.8, 4) is 0 Å². The van der Waals surface area contributed by atoms with Gasteiger partial charge in [-0.25, -0.2) is 9.98 Å². The summed E-state index contributed by atoms with van der Waals surface area (Å²) in [6.07, 6.45) is 11.5. The van der Waals surface area contributed by atoms with Gasteiger partial charge < -0.3 is 20.0 Å². The largest absolute Gasteiger partial charge is 0.468 e. The number of aromatic nitrogens is 1. The van der Waals surface area contributed by atoms with Gasteiger partial charge in [0.05, 0.1) is 18.8 Å². The number of anilines is 1. The first-order valence-electron chi connectivity index (χ1n) is 12.3. The molecule has 2 aliphatic heterocycles. The van der Waals surface area contributed by atoms with Crippen LogP contribution < -0.4 is 15.5 Å². The Morgan fingerprint density at radius 1 is 1.03 bits per heavy atom. The lowest BCUT2D eigenvalue weighted by molar-refractivity contribution is 0.215. The molecule has 4 rings (SSSR count). The molecule has 0 radical (unpaired) electrons. The van der Waals surface area contributed by atoms with Crippen LogP contribution >= 0.6 is 0 Å². The summed E-state index contributed by atoms with van der Waals surface area (Å²) < 4.78 is 5.74. The normalized spacial score (nSPS) is 19.0. The Labute approximate surface area is 192 Å². The maximum atomic E-state index is 5.74. The van der Waals surface area contributed by atoms with Gasteiger partial charge in [0, 0.05) is 32.4 Å². The van der Waals surface area contributed by atoms with Gasteiger partial charge in [0.25, 0.3) is 0 Å². The van der Waals surface area contributed by atoms with E-state index in [0.29, 0.717) is 6.54 Å². The molecule has 0 spiro atoms. The lowest BCUT2D eigenvalue weighted by Crippen LogP contribution is -2.42. The lowest BCUT2D eigenvalue weighted by Gasteiger charge is -2.26. The number of aliphatic imine (C=N–C) groups is 1. The smallest absolute Gasteiger partial charge is 0.191 e. The van der Waals surface area contributed by atoms with Gasteiger partial charge in [-0.1, -0.05) is 18.9 Å². The standard InChI is InChI=1S/C25H38N6O/c1-2-26-25(29-20-22(23-10-9-17-32-23)30-13-7-8-14-30)28-19-21-11-12-24(27-18-21)31-15-5-3-4-6-16-31/h9-12,17-18,22H,2-8,13-16,19-20H2,1H3,(H2,26,28,29). The highest BCUT2D eigenvalue weighted by Gasteiger charge is 2.25. The van der Waals surface area contributed by atoms with Gasteiger partial charge in [0.2, 0.25) is 0 Å². The number of pyridine rings is 1. The van der Waals surface area contributed by atoms with Crippen molar-refractivity contribution in [2.75, 3.05) is 44.2 Å². The van der Waals surface area contributed by atoms with Crippen molar-refractivity contribution in [1.29, 1.82) is 0 Å². The number of nitrogens with one attached hydrogen (secondary N) is 2. The fraction of sp³-hybridized carbons (Fsp3) is 0.600. The van der Waals surface area contributed by atoms with Gasteiger partial charge in [-0.2, -0.15) is 0 Å². The van der Waals surface area contributed by atoms with E-state index >= 15 is 0 Å². The predicted molar refractivity (Wildman–Crippen MR) is 130 cm³/mol. The van der Waals surface area contributed by atoms with Crippen LogP contribution in [0.1, 0.15) is 62.8 Å². The minimum absolute atomic E-state index is 0.228. The Morgan fingerprint density at radius 2 is 1.81 bits per heavy atom. The SMILES string of the molecule is CCNC(=NCc1ccc(N2CCCCCC2)nc1)NCC(c1ccco1)N1CCCC1. The topological polar surface area (TPSA) is 68.9 Å². The molecule has 2 aliphatic rings. The molecule has 1 atom stereocenters. The third kappa shape index (κ3) is 6.25. The molecule has 2 N–H and O–H groups in total. The van der Waals surface area contributed by atoms with Crippen LogP contribution in [-0.2, 0) is 6.54 Å².